The van der Waals surface area contributed by atoms with Crippen molar-refractivity contribution in [2.75, 3.05) is 0 Å². The molecule has 0 bridgehead atoms. The number of carbonyl (C=O) groups is 1. The van der Waals surface area contributed by atoms with Gasteiger partial charge in [0.2, 0.25) is 0 Å². The van der Waals surface area contributed by atoms with Crippen LogP contribution in [0.15, 0.2) is 36.4 Å². The zero-order chi connectivity index (χ0) is 14.0. The van der Waals surface area contributed by atoms with Crippen LogP contribution in [0.1, 0.15) is 25.5 Å². The van der Waals surface area contributed by atoms with E-state index in [4.69, 9.17) is 9.84 Å². The molecule has 0 radical (unpaired) electrons. The molecular weight excluding hydrogens is 244 g/mol. The van der Waals surface area contributed by atoms with Crippen molar-refractivity contribution in [3.63, 3.8) is 0 Å². The van der Waals surface area contributed by atoms with Crippen molar-refractivity contribution in [3.05, 3.63) is 42.0 Å². The first-order valence-electron chi connectivity index (χ1n) is 6.08. The van der Waals surface area contributed by atoms with Crippen molar-refractivity contribution in [2.45, 2.75) is 26.1 Å². The zero-order valence-electron chi connectivity index (χ0n) is 10.8. The van der Waals surface area contributed by atoms with Gasteiger partial charge in [0.05, 0.1) is 6.10 Å². The van der Waals surface area contributed by atoms with E-state index in [1.54, 1.807) is 18.2 Å². The van der Waals surface area contributed by atoms with Crippen LogP contribution in [0.25, 0.3) is 10.8 Å². The summed E-state index contributed by atoms with van der Waals surface area (Å²) < 4.78 is 5.59. The number of carboxylic acid groups (broad SMARTS) is 1. The monoisotopic (exact) mass is 260 g/mol. The molecule has 100 valence electrons. The van der Waals surface area contributed by atoms with Gasteiger partial charge in [-0.3, -0.25) is 0 Å². The highest BCUT2D eigenvalue weighted by Gasteiger charge is 2.15. The van der Waals surface area contributed by atoms with Gasteiger partial charge in [0.1, 0.15) is 5.75 Å². The average molecular weight is 260 g/mol. The number of hydrogen-bond donors (Lipinski definition) is 2. The Kier molecular flexibility index (Phi) is 3.71. The highest BCUT2D eigenvalue weighted by Crippen LogP contribution is 2.25. The molecule has 0 aliphatic rings. The fourth-order valence-corrected chi connectivity index (χ4v) is 1.90. The topological polar surface area (TPSA) is 66.8 Å². The summed E-state index contributed by atoms with van der Waals surface area (Å²) in [6, 6.07) is 10.6. The van der Waals surface area contributed by atoms with Gasteiger partial charge in [0, 0.05) is 0 Å². The van der Waals surface area contributed by atoms with E-state index in [9.17, 15) is 9.90 Å². The molecule has 2 N–H and O–H groups in total. The Morgan fingerprint density at radius 2 is 1.74 bits per heavy atom. The lowest BCUT2D eigenvalue weighted by Gasteiger charge is -2.11. The average Bonchev–Trinajstić information content (AvgIpc) is 2.36. The molecule has 2 rings (SSSR count). The lowest BCUT2D eigenvalue weighted by atomic mass is 10.0. The quantitative estimate of drug-likeness (QED) is 0.887. The molecule has 0 amide bonds. The van der Waals surface area contributed by atoms with Crippen molar-refractivity contribution < 1.29 is 19.7 Å². The molecule has 0 saturated heterocycles. The summed E-state index contributed by atoms with van der Waals surface area (Å²) in [6.07, 6.45) is -1.39. The maximum absolute atomic E-state index is 10.7. The highest BCUT2D eigenvalue weighted by molar-refractivity contribution is 5.86. The van der Waals surface area contributed by atoms with E-state index in [1.807, 2.05) is 32.0 Å². The molecule has 0 aromatic heterocycles. The Morgan fingerprint density at radius 3 is 2.37 bits per heavy atom. The third-order valence-corrected chi connectivity index (χ3v) is 2.76. The van der Waals surface area contributed by atoms with E-state index in [0.29, 0.717) is 5.56 Å². The molecule has 4 heteroatoms. The van der Waals surface area contributed by atoms with Gasteiger partial charge in [-0.2, -0.15) is 0 Å². The number of aliphatic carboxylic acids is 1. The fourth-order valence-electron chi connectivity index (χ4n) is 1.90. The lowest BCUT2D eigenvalue weighted by Crippen LogP contribution is -2.10. The minimum atomic E-state index is -1.49. The van der Waals surface area contributed by atoms with Crippen LogP contribution >= 0.6 is 0 Å². The van der Waals surface area contributed by atoms with Crippen molar-refractivity contribution >= 4 is 16.7 Å². The minimum Gasteiger partial charge on any atom is -0.491 e. The smallest absolute Gasteiger partial charge is 0.337 e. The molecule has 1 unspecified atom stereocenters. The summed E-state index contributed by atoms with van der Waals surface area (Å²) in [5.74, 6) is -0.479. The van der Waals surface area contributed by atoms with E-state index in [1.165, 1.54) is 0 Å². The lowest BCUT2D eigenvalue weighted by molar-refractivity contribution is -0.146. The molecule has 4 nitrogen and oxygen atoms in total. The number of fused-ring (bicyclic) bond motifs is 1. The van der Waals surface area contributed by atoms with Crippen molar-refractivity contribution in [1.29, 1.82) is 0 Å². The van der Waals surface area contributed by atoms with Crippen LogP contribution in [-0.4, -0.2) is 22.3 Å². The van der Waals surface area contributed by atoms with Crippen LogP contribution in [0.3, 0.4) is 0 Å². The molecule has 2 aromatic carbocycles. The summed E-state index contributed by atoms with van der Waals surface area (Å²) in [5.41, 5.74) is 0.373. The second-order valence-corrected chi connectivity index (χ2v) is 4.68. The van der Waals surface area contributed by atoms with Gasteiger partial charge in [-0.25, -0.2) is 4.79 Å². The maximum Gasteiger partial charge on any atom is 0.337 e. The fraction of sp³-hybridized carbons (Fsp3) is 0.267. The number of aliphatic hydroxyl groups is 1. The Balaban J connectivity index is 2.37. The predicted octanol–water partition coefficient (Wildman–Crippen LogP) is 2.75. The molecule has 0 aliphatic heterocycles. The Hall–Kier alpha value is -2.07. The molecule has 1 atom stereocenters. The maximum atomic E-state index is 10.7. The van der Waals surface area contributed by atoms with Gasteiger partial charge in [0.25, 0.3) is 0 Å². The van der Waals surface area contributed by atoms with Crippen molar-refractivity contribution in [1.82, 2.24) is 0 Å². The third kappa shape index (κ3) is 3.03. The van der Waals surface area contributed by atoms with Crippen LogP contribution in [0.4, 0.5) is 0 Å². The largest absolute Gasteiger partial charge is 0.491 e. The van der Waals surface area contributed by atoms with Gasteiger partial charge in [-0.15, -0.1) is 0 Å². The summed E-state index contributed by atoms with van der Waals surface area (Å²) in [6.45, 7) is 3.91. The SMILES string of the molecule is CC(C)Oc1ccc2cc(C(O)C(=O)O)ccc2c1. The van der Waals surface area contributed by atoms with Crippen molar-refractivity contribution in [3.8, 4) is 5.75 Å². The van der Waals surface area contributed by atoms with Crippen LogP contribution in [0, 0.1) is 0 Å². The molecule has 0 fully saturated rings. The van der Waals surface area contributed by atoms with Gasteiger partial charge >= 0.3 is 5.97 Å². The van der Waals surface area contributed by atoms with Crippen LogP contribution < -0.4 is 4.74 Å². The van der Waals surface area contributed by atoms with E-state index >= 15 is 0 Å². The second kappa shape index (κ2) is 5.28. The molecule has 0 heterocycles. The standard InChI is InChI=1S/C15H16O4/c1-9(2)19-13-6-5-10-7-12(14(16)15(17)18)4-3-11(10)8-13/h3-9,14,16H,1-2H3,(H,17,18). The summed E-state index contributed by atoms with van der Waals surface area (Å²) in [4.78, 5) is 10.7. The number of carboxylic acids is 1. The van der Waals surface area contributed by atoms with Crippen LogP contribution in [0.5, 0.6) is 5.75 Å². The first-order valence-corrected chi connectivity index (χ1v) is 6.08. The van der Waals surface area contributed by atoms with Gasteiger partial charge in [0.15, 0.2) is 6.10 Å². The summed E-state index contributed by atoms with van der Waals surface area (Å²) in [5, 5.41) is 20.1. The first kappa shape index (κ1) is 13.4. The number of aliphatic hydroxyl groups excluding tert-OH is 1. The Labute approximate surface area is 111 Å². The van der Waals surface area contributed by atoms with Crippen molar-refractivity contribution in [2.24, 2.45) is 0 Å². The highest BCUT2D eigenvalue weighted by atomic mass is 16.5. The molecule has 0 spiro atoms. The summed E-state index contributed by atoms with van der Waals surface area (Å²) >= 11 is 0. The van der Waals surface area contributed by atoms with E-state index < -0.39 is 12.1 Å². The molecule has 2 aromatic rings. The van der Waals surface area contributed by atoms with Gasteiger partial charge in [-0.1, -0.05) is 18.2 Å². The van der Waals surface area contributed by atoms with E-state index in [-0.39, 0.29) is 6.10 Å². The third-order valence-electron chi connectivity index (χ3n) is 2.76. The van der Waals surface area contributed by atoms with Crippen LogP contribution in [0.2, 0.25) is 0 Å². The molecule has 0 saturated carbocycles. The van der Waals surface area contributed by atoms with Gasteiger partial charge in [-0.05, 0) is 48.4 Å². The molecule has 0 aliphatic carbocycles. The number of benzene rings is 2. The minimum absolute atomic E-state index is 0.102. The molecular formula is C15H16O4. The second-order valence-electron chi connectivity index (χ2n) is 4.68. The Bertz CT molecular complexity index is 604. The zero-order valence-corrected chi connectivity index (χ0v) is 10.8. The molecule has 19 heavy (non-hydrogen) atoms. The Morgan fingerprint density at radius 1 is 1.11 bits per heavy atom. The first-order chi connectivity index (χ1) is 8.97. The summed E-state index contributed by atoms with van der Waals surface area (Å²) in [7, 11) is 0. The van der Waals surface area contributed by atoms with Gasteiger partial charge < -0.3 is 14.9 Å². The number of rotatable bonds is 4. The predicted molar refractivity (Wildman–Crippen MR) is 72.3 cm³/mol. The number of hydrogen-bond acceptors (Lipinski definition) is 3. The normalized spacial score (nSPS) is 12.6. The van der Waals surface area contributed by atoms with E-state index in [2.05, 4.69) is 0 Å². The number of ether oxygens (including phenoxy) is 1. The van der Waals surface area contributed by atoms with E-state index in [0.717, 1.165) is 16.5 Å². The van der Waals surface area contributed by atoms with Crippen LogP contribution in [-0.2, 0) is 4.79 Å².